The van der Waals surface area contributed by atoms with Crippen molar-refractivity contribution in [3.8, 4) is 17.0 Å². The van der Waals surface area contributed by atoms with Crippen molar-refractivity contribution in [2.45, 2.75) is 33.1 Å². The number of anilines is 1. The highest BCUT2D eigenvalue weighted by atomic mass is 16.5. The molecule has 4 heteroatoms. The first-order valence-electron chi connectivity index (χ1n) is 6.61. The first-order valence-corrected chi connectivity index (χ1v) is 6.61. The molecule has 0 aliphatic carbocycles. The van der Waals surface area contributed by atoms with Gasteiger partial charge in [0.05, 0.1) is 12.8 Å². The van der Waals surface area contributed by atoms with Crippen LogP contribution < -0.4 is 10.5 Å². The average molecular weight is 271 g/mol. The summed E-state index contributed by atoms with van der Waals surface area (Å²) in [6.45, 7) is 8.54. The summed E-state index contributed by atoms with van der Waals surface area (Å²) in [6, 6.07) is 6.06. The maximum Gasteiger partial charge on any atom is 0.220 e. The molecule has 0 bridgehead atoms. The smallest absolute Gasteiger partial charge is 0.220 e. The number of hydrogen-bond donors (Lipinski definition) is 1. The van der Waals surface area contributed by atoms with Gasteiger partial charge in [-0.3, -0.25) is 0 Å². The van der Waals surface area contributed by atoms with E-state index < -0.39 is 0 Å². The summed E-state index contributed by atoms with van der Waals surface area (Å²) < 4.78 is 5.51. The fraction of sp³-hybridized carbons (Fsp3) is 0.375. The van der Waals surface area contributed by atoms with Crippen LogP contribution in [-0.4, -0.2) is 17.1 Å². The molecule has 20 heavy (non-hydrogen) atoms. The van der Waals surface area contributed by atoms with E-state index in [9.17, 15) is 0 Å². The van der Waals surface area contributed by atoms with E-state index in [-0.39, 0.29) is 11.4 Å². The van der Waals surface area contributed by atoms with Gasteiger partial charge in [0.1, 0.15) is 5.75 Å². The van der Waals surface area contributed by atoms with Crippen molar-refractivity contribution in [1.82, 2.24) is 9.97 Å². The molecule has 0 spiro atoms. The predicted molar refractivity (Wildman–Crippen MR) is 81.9 cm³/mol. The van der Waals surface area contributed by atoms with Crippen molar-refractivity contribution in [3.05, 3.63) is 35.5 Å². The van der Waals surface area contributed by atoms with Crippen LogP contribution in [-0.2, 0) is 5.41 Å². The van der Waals surface area contributed by atoms with Gasteiger partial charge in [-0.25, -0.2) is 9.97 Å². The number of benzene rings is 1. The van der Waals surface area contributed by atoms with Crippen molar-refractivity contribution < 1.29 is 4.74 Å². The highest BCUT2D eigenvalue weighted by molar-refractivity contribution is 5.67. The zero-order valence-corrected chi connectivity index (χ0v) is 12.7. The lowest BCUT2D eigenvalue weighted by molar-refractivity contribution is 0.397. The highest BCUT2D eigenvalue weighted by Gasteiger charge is 2.21. The number of methoxy groups -OCH3 is 1. The quantitative estimate of drug-likeness (QED) is 0.910. The summed E-state index contributed by atoms with van der Waals surface area (Å²) in [7, 11) is 1.70. The van der Waals surface area contributed by atoms with Gasteiger partial charge in [0.2, 0.25) is 5.95 Å². The number of aryl methyl sites for hydroxylation is 1. The molecule has 4 nitrogen and oxygen atoms in total. The van der Waals surface area contributed by atoms with Gasteiger partial charge >= 0.3 is 0 Å². The van der Waals surface area contributed by atoms with Gasteiger partial charge in [-0.05, 0) is 36.1 Å². The van der Waals surface area contributed by atoms with Crippen LogP contribution in [0.15, 0.2) is 24.4 Å². The summed E-state index contributed by atoms with van der Waals surface area (Å²) in [4.78, 5) is 8.25. The number of rotatable bonds is 2. The minimum absolute atomic E-state index is 0.00757. The molecule has 1 heterocycles. The van der Waals surface area contributed by atoms with Crippen LogP contribution >= 0.6 is 0 Å². The molecule has 2 aromatic rings. The van der Waals surface area contributed by atoms with E-state index in [0.717, 1.165) is 28.1 Å². The van der Waals surface area contributed by atoms with E-state index in [0.29, 0.717) is 0 Å². The Hall–Kier alpha value is -2.10. The molecule has 0 atom stereocenters. The summed E-state index contributed by atoms with van der Waals surface area (Å²) in [5.41, 5.74) is 9.82. The molecule has 106 valence electrons. The Morgan fingerprint density at radius 1 is 1.20 bits per heavy atom. The third-order valence-electron chi connectivity index (χ3n) is 3.30. The third kappa shape index (κ3) is 2.74. The Kier molecular flexibility index (Phi) is 3.66. The normalized spacial score (nSPS) is 11.4. The number of hydrogen-bond acceptors (Lipinski definition) is 4. The van der Waals surface area contributed by atoms with E-state index in [1.165, 1.54) is 0 Å². The first-order chi connectivity index (χ1) is 9.32. The molecular formula is C16H21N3O. The van der Waals surface area contributed by atoms with Crippen LogP contribution in [0, 0.1) is 6.92 Å². The molecule has 2 N–H and O–H groups in total. The molecule has 0 saturated carbocycles. The molecule has 0 fully saturated rings. The van der Waals surface area contributed by atoms with E-state index in [2.05, 4.69) is 36.8 Å². The molecule has 0 aliphatic rings. The monoisotopic (exact) mass is 271 g/mol. The Balaban J connectivity index is 2.66. The number of nitrogens with two attached hydrogens (primary N) is 1. The zero-order chi connectivity index (χ0) is 14.9. The lowest BCUT2D eigenvalue weighted by Crippen LogP contribution is -2.13. The summed E-state index contributed by atoms with van der Waals surface area (Å²) in [5, 5.41) is 0. The Bertz CT molecular complexity index is 630. The maximum atomic E-state index is 5.68. The number of ether oxygens (including phenoxy) is 1. The molecule has 0 amide bonds. The van der Waals surface area contributed by atoms with Crippen LogP contribution in [0.2, 0.25) is 0 Å². The average Bonchev–Trinajstić information content (AvgIpc) is 2.36. The van der Waals surface area contributed by atoms with Crippen LogP contribution in [0.1, 0.15) is 31.9 Å². The van der Waals surface area contributed by atoms with Crippen molar-refractivity contribution in [3.63, 3.8) is 0 Å². The standard InChI is InChI=1S/C16H21N3O/c1-10-8-14(20-5)12(16(2,3)4)9-11(10)13-6-7-18-15(17)19-13/h6-9H,1-5H3,(H2,17,18,19). The minimum Gasteiger partial charge on any atom is -0.496 e. The summed E-state index contributed by atoms with van der Waals surface area (Å²) in [5.74, 6) is 1.19. The van der Waals surface area contributed by atoms with Gasteiger partial charge < -0.3 is 10.5 Å². The van der Waals surface area contributed by atoms with Crippen LogP contribution in [0.3, 0.4) is 0 Å². The largest absolute Gasteiger partial charge is 0.496 e. The number of aromatic nitrogens is 2. The van der Waals surface area contributed by atoms with Gasteiger partial charge in [0, 0.05) is 17.3 Å². The number of nitrogen functional groups attached to an aromatic ring is 1. The molecule has 1 aromatic carbocycles. The second kappa shape index (κ2) is 5.12. The summed E-state index contributed by atoms with van der Waals surface area (Å²) in [6.07, 6.45) is 1.68. The molecule has 1 aromatic heterocycles. The fourth-order valence-electron chi connectivity index (χ4n) is 2.24. The molecule has 0 radical (unpaired) electrons. The molecular weight excluding hydrogens is 250 g/mol. The van der Waals surface area contributed by atoms with Crippen molar-refractivity contribution >= 4 is 5.95 Å². The summed E-state index contributed by atoms with van der Waals surface area (Å²) >= 11 is 0. The Labute approximate surface area is 120 Å². The lowest BCUT2D eigenvalue weighted by atomic mass is 9.84. The van der Waals surface area contributed by atoms with Crippen molar-refractivity contribution in [2.75, 3.05) is 12.8 Å². The molecule has 0 unspecified atom stereocenters. The second-order valence-electron chi connectivity index (χ2n) is 5.92. The number of nitrogens with zero attached hydrogens (tertiary/aromatic N) is 2. The lowest BCUT2D eigenvalue weighted by Gasteiger charge is -2.24. The Morgan fingerprint density at radius 2 is 1.90 bits per heavy atom. The van der Waals surface area contributed by atoms with Crippen molar-refractivity contribution in [2.24, 2.45) is 0 Å². The minimum atomic E-state index is -0.00757. The van der Waals surface area contributed by atoms with E-state index in [1.54, 1.807) is 13.3 Å². The van der Waals surface area contributed by atoms with Gasteiger partial charge in [0.25, 0.3) is 0 Å². The third-order valence-corrected chi connectivity index (χ3v) is 3.30. The topological polar surface area (TPSA) is 61.0 Å². The van der Waals surface area contributed by atoms with Crippen LogP contribution in [0.4, 0.5) is 5.95 Å². The highest BCUT2D eigenvalue weighted by Crippen LogP contribution is 2.36. The zero-order valence-electron chi connectivity index (χ0n) is 12.7. The fourth-order valence-corrected chi connectivity index (χ4v) is 2.24. The van der Waals surface area contributed by atoms with Crippen LogP contribution in [0.25, 0.3) is 11.3 Å². The predicted octanol–water partition coefficient (Wildman–Crippen LogP) is 3.34. The van der Waals surface area contributed by atoms with E-state index in [4.69, 9.17) is 10.5 Å². The second-order valence-corrected chi connectivity index (χ2v) is 5.92. The van der Waals surface area contributed by atoms with Gasteiger partial charge in [-0.1, -0.05) is 20.8 Å². The van der Waals surface area contributed by atoms with E-state index >= 15 is 0 Å². The SMILES string of the molecule is COc1cc(C)c(-c2ccnc(N)n2)cc1C(C)(C)C. The molecule has 0 saturated heterocycles. The first kappa shape index (κ1) is 14.3. The van der Waals surface area contributed by atoms with Gasteiger partial charge in [-0.15, -0.1) is 0 Å². The van der Waals surface area contributed by atoms with Crippen molar-refractivity contribution in [1.29, 1.82) is 0 Å². The van der Waals surface area contributed by atoms with E-state index in [1.807, 2.05) is 19.1 Å². The molecule has 0 aliphatic heterocycles. The van der Waals surface area contributed by atoms with Gasteiger partial charge in [-0.2, -0.15) is 0 Å². The Morgan fingerprint density at radius 3 is 2.45 bits per heavy atom. The van der Waals surface area contributed by atoms with Gasteiger partial charge in [0.15, 0.2) is 0 Å². The van der Waals surface area contributed by atoms with Crippen LogP contribution in [0.5, 0.6) is 5.75 Å². The maximum absolute atomic E-state index is 5.68. The molecule has 2 rings (SSSR count).